The van der Waals surface area contributed by atoms with Crippen molar-refractivity contribution < 1.29 is 4.52 Å². The highest BCUT2D eigenvalue weighted by Crippen LogP contribution is 2.24. The highest BCUT2D eigenvalue weighted by molar-refractivity contribution is 5.53. The number of benzene rings is 1. The minimum absolute atomic E-state index is 0.174. The van der Waals surface area contributed by atoms with Crippen LogP contribution in [0.3, 0.4) is 0 Å². The summed E-state index contributed by atoms with van der Waals surface area (Å²) in [6.45, 7) is 6.57. The Hall–Kier alpha value is -1.64. The van der Waals surface area contributed by atoms with Gasteiger partial charge >= 0.3 is 0 Å². The number of rotatable bonds is 1. The van der Waals surface area contributed by atoms with E-state index in [1.54, 1.807) is 0 Å². The fraction of sp³-hybridized carbons (Fsp3) is 0.333. The number of aromatic nitrogens is 2. The molecule has 3 heteroatoms. The van der Waals surface area contributed by atoms with E-state index in [2.05, 4.69) is 43.0 Å². The molecule has 15 heavy (non-hydrogen) atoms. The second-order valence-electron chi connectivity index (χ2n) is 4.57. The quantitative estimate of drug-likeness (QED) is 0.713. The van der Waals surface area contributed by atoms with E-state index in [1.165, 1.54) is 11.9 Å². The minimum atomic E-state index is 0.174. The summed E-state index contributed by atoms with van der Waals surface area (Å²) in [5, 5.41) is 3.58. The Kier molecular flexibility index (Phi) is 2.31. The topological polar surface area (TPSA) is 38.9 Å². The fourth-order valence-electron chi connectivity index (χ4n) is 1.41. The molecule has 0 saturated carbocycles. The molecule has 1 aromatic heterocycles. The average Bonchev–Trinajstić information content (AvgIpc) is 2.69. The van der Waals surface area contributed by atoms with Gasteiger partial charge in [-0.3, -0.25) is 0 Å². The molecule has 0 amide bonds. The molecular weight excluding hydrogens is 188 g/mol. The summed E-state index contributed by atoms with van der Waals surface area (Å²) in [6.07, 6.45) is 1.41. The molecule has 0 saturated heterocycles. The zero-order chi connectivity index (χ0) is 10.9. The van der Waals surface area contributed by atoms with Crippen LogP contribution in [0.5, 0.6) is 0 Å². The van der Waals surface area contributed by atoms with Gasteiger partial charge in [-0.15, -0.1) is 0 Å². The van der Waals surface area contributed by atoms with Gasteiger partial charge in [-0.05, 0) is 23.1 Å². The van der Waals surface area contributed by atoms with Crippen LogP contribution in [0.25, 0.3) is 11.5 Å². The van der Waals surface area contributed by atoms with E-state index in [9.17, 15) is 0 Å². The molecule has 0 aliphatic heterocycles. The predicted molar refractivity (Wildman–Crippen MR) is 58.4 cm³/mol. The Morgan fingerprint density at radius 3 is 2.20 bits per heavy atom. The first-order valence-corrected chi connectivity index (χ1v) is 4.95. The summed E-state index contributed by atoms with van der Waals surface area (Å²) >= 11 is 0. The van der Waals surface area contributed by atoms with Crippen LogP contribution in [0.1, 0.15) is 26.3 Å². The predicted octanol–water partition coefficient (Wildman–Crippen LogP) is 3.03. The van der Waals surface area contributed by atoms with Gasteiger partial charge in [-0.25, -0.2) is 0 Å². The van der Waals surface area contributed by atoms with E-state index < -0.39 is 0 Å². The molecule has 0 unspecified atom stereocenters. The van der Waals surface area contributed by atoms with Gasteiger partial charge in [0.15, 0.2) is 6.33 Å². The molecule has 0 bridgehead atoms. The van der Waals surface area contributed by atoms with Gasteiger partial charge in [0.05, 0.1) is 0 Å². The van der Waals surface area contributed by atoms with Gasteiger partial charge in [-0.1, -0.05) is 38.1 Å². The van der Waals surface area contributed by atoms with Crippen LogP contribution in [0.15, 0.2) is 35.1 Å². The maximum Gasteiger partial charge on any atom is 0.257 e. The van der Waals surface area contributed by atoms with Crippen LogP contribution in [-0.2, 0) is 5.41 Å². The van der Waals surface area contributed by atoms with E-state index in [4.69, 9.17) is 4.52 Å². The Labute approximate surface area is 89.1 Å². The zero-order valence-electron chi connectivity index (χ0n) is 9.19. The van der Waals surface area contributed by atoms with Crippen molar-refractivity contribution in [3.63, 3.8) is 0 Å². The van der Waals surface area contributed by atoms with Crippen molar-refractivity contribution in [1.29, 1.82) is 0 Å². The molecule has 3 nitrogen and oxygen atoms in total. The lowest BCUT2D eigenvalue weighted by atomic mass is 9.87. The SMILES string of the molecule is CC(C)(C)c1ccc(-c2ncno2)cc1. The lowest BCUT2D eigenvalue weighted by Crippen LogP contribution is -2.10. The van der Waals surface area contributed by atoms with E-state index in [0.717, 1.165) is 5.56 Å². The second kappa shape index (κ2) is 3.50. The zero-order valence-corrected chi connectivity index (χ0v) is 9.19. The number of hydrogen-bond donors (Lipinski definition) is 0. The summed E-state index contributed by atoms with van der Waals surface area (Å²) < 4.78 is 4.98. The van der Waals surface area contributed by atoms with Gasteiger partial charge in [0.25, 0.3) is 5.89 Å². The first-order chi connectivity index (χ1) is 7.07. The van der Waals surface area contributed by atoms with Crippen molar-refractivity contribution in [2.24, 2.45) is 0 Å². The molecule has 78 valence electrons. The first kappa shape index (κ1) is 9.90. The lowest BCUT2D eigenvalue weighted by Gasteiger charge is -2.18. The molecule has 0 radical (unpaired) electrons. The van der Waals surface area contributed by atoms with E-state index in [1.807, 2.05) is 12.1 Å². The maximum absolute atomic E-state index is 4.98. The van der Waals surface area contributed by atoms with Crippen molar-refractivity contribution in [3.8, 4) is 11.5 Å². The molecule has 0 fully saturated rings. The Balaban J connectivity index is 2.33. The minimum Gasteiger partial charge on any atom is -0.334 e. The monoisotopic (exact) mass is 202 g/mol. The van der Waals surface area contributed by atoms with Crippen LogP contribution in [0.2, 0.25) is 0 Å². The molecular formula is C12H14N2O. The lowest BCUT2D eigenvalue weighted by molar-refractivity contribution is 0.430. The Bertz CT molecular complexity index is 424. The summed E-state index contributed by atoms with van der Waals surface area (Å²) in [7, 11) is 0. The third-order valence-electron chi connectivity index (χ3n) is 2.36. The molecule has 0 aliphatic rings. The normalized spacial score (nSPS) is 11.7. The summed E-state index contributed by atoms with van der Waals surface area (Å²) in [4.78, 5) is 4.00. The van der Waals surface area contributed by atoms with E-state index >= 15 is 0 Å². The van der Waals surface area contributed by atoms with Gasteiger partial charge in [-0.2, -0.15) is 4.98 Å². The molecule has 1 heterocycles. The van der Waals surface area contributed by atoms with E-state index in [-0.39, 0.29) is 5.41 Å². The Morgan fingerprint density at radius 2 is 1.73 bits per heavy atom. The third kappa shape index (κ3) is 2.06. The summed E-state index contributed by atoms with van der Waals surface area (Å²) in [6, 6.07) is 8.21. The van der Waals surface area contributed by atoms with Gasteiger partial charge in [0, 0.05) is 5.56 Å². The molecule has 1 aromatic carbocycles. The third-order valence-corrected chi connectivity index (χ3v) is 2.36. The molecule has 0 spiro atoms. The summed E-state index contributed by atoms with van der Waals surface area (Å²) in [5.74, 6) is 0.565. The molecule has 0 aliphatic carbocycles. The standard InChI is InChI=1S/C12H14N2O/c1-12(2,3)10-6-4-9(5-7-10)11-13-8-14-15-11/h4-8H,1-3H3. The van der Waals surface area contributed by atoms with Crippen LogP contribution < -0.4 is 0 Å². The smallest absolute Gasteiger partial charge is 0.257 e. The van der Waals surface area contributed by atoms with Gasteiger partial charge in [0.1, 0.15) is 0 Å². The van der Waals surface area contributed by atoms with Crippen molar-refractivity contribution in [2.45, 2.75) is 26.2 Å². The first-order valence-electron chi connectivity index (χ1n) is 4.95. The van der Waals surface area contributed by atoms with Crippen LogP contribution in [-0.4, -0.2) is 10.1 Å². The summed E-state index contributed by atoms with van der Waals surface area (Å²) in [5.41, 5.74) is 2.43. The maximum atomic E-state index is 4.98. The second-order valence-corrected chi connectivity index (χ2v) is 4.57. The highest BCUT2D eigenvalue weighted by atomic mass is 16.5. The van der Waals surface area contributed by atoms with Crippen molar-refractivity contribution in [2.75, 3.05) is 0 Å². The average molecular weight is 202 g/mol. The van der Waals surface area contributed by atoms with Gasteiger partial charge in [0.2, 0.25) is 0 Å². The van der Waals surface area contributed by atoms with Crippen LogP contribution in [0, 0.1) is 0 Å². The number of hydrogen-bond acceptors (Lipinski definition) is 3. The Morgan fingerprint density at radius 1 is 1.07 bits per heavy atom. The fourth-order valence-corrected chi connectivity index (χ4v) is 1.41. The highest BCUT2D eigenvalue weighted by Gasteiger charge is 2.13. The van der Waals surface area contributed by atoms with Crippen LogP contribution >= 0.6 is 0 Å². The molecule has 0 atom stereocenters. The molecule has 2 rings (SSSR count). The van der Waals surface area contributed by atoms with Crippen LogP contribution in [0.4, 0.5) is 0 Å². The van der Waals surface area contributed by atoms with Crippen molar-refractivity contribution >= 4 is 0 Å². The van der Waals surface area contributed by atoms with Crippen molar-refractivity contribution in [3.05, 3.63) is 36.2 Å². The number of nitrogens with zero attached hydrogens (tertiary/aromatic N) is 2. The van der Waals surface area contributed by atoms with E-state index in [0.29, 0.717) is 5.89 Å². The molecule has 2 aromatic rings. The van der Waals surface area contributed by atoms with Crippen molar-refractivity contribution in [1.82, 2.24) is 10.1 Å². The van der Waals surface area contributed by atoms with Gasteiger partial charge < -0.3 is 4.52 Å². The largest absolute Gasteiger partial charge is 0.334 e. The molecule has 0 N–H and O–H groups in total.